The van der Waals surface area contributed by atoms with Crippen molar-refractivity contribution in [1.82, 2.24) is 14.3 Å². The van der Waals surface area contributed by atoms with E-state index in [0.717, 1.165) is 40.5 Å². The smallest absolute Gasteiger partial charge is 0.389 e. The van der Waals surface area contributed by atoms with Gasteiger partial charge < -0.3 is 15.2 Å². The number of carbonyl (C=O) groups is 1. The summed E-state index contributed by atoms with van der Waals surface area (Å²) in [6.45, 7) is 5.25. The zero-order valence-electron chi connectivity index (χ0n) is 22.9. The highest BCUT2D eigenvalue weighted by atomic mass is 19.4. The highest BCUT2D eigenvalue weighted by molar-refractivity contribution is 5.76. The average molecular weight is 557 g/mol. The lowest BCUT2D eigenvalue weighted by molar-refractivity contribution is -0.152. The quantitative estimate of drug-likeness (QED) is 0.263. The number of anilines is 1. The SMILES string of the molecule is CCCCCCCn1c(=O)c(NCCCc2cccc(OC(C)(C)C(=O)O)c2)nn(CCCC(F)(F)F)c1=O. The van der Waals surface area contributed by atoms with E-state index in [1.54, 1.807) is 18.2 Å². The van der Waals surface area contributed by atoms with Crippen LogP contribution in [0.15, 0.2) is 33.9 Å². The minimum atomic E-state index is -4.34. The first kappa shape index (κ1) is 31.9. The summed E-state index contributed by atoms with van der Waals surface area (Å²) < 4.78 is 45.4. The first-order valence-electron chi connectivity index (χ1n) is 13.4. The molecule has 39 heavy (non-hydrogen) atoms. The zero-order chi connectivity index (χ0) is 29.1. The number of unbranched alkanes of at least 4 members (excludes halogenated alkanes) is 4. The first-order valence-corrected chi connectivity index (χ1v) is 13.4. The first-order chi connectivity index (χ1) is 18.3. The molecule has 0 radical (unpaired) electrons. The van der Waals surface area contributed by atoms with Crippen molar-refractivity contribution in [2.24, 2.45) is 0 Å². The van der Waals surface area contributed by atoms with Crippen LogP contribution in [0.25, 0.3) is 0 Å². The molecule has 0 aliphatic carbocycles. The average Bonchev–Trinajstić information content (AvgIpc) is 2.85. The van der Waals surface area contributed by atoms with E-state index in [4.69, 9.17) is 4.74 Å². The summed E-state index contributed by atoms with van der Waals surface area (Å²) in [7, 11) is 0. The molecule has 1 heterocycles. The van der Waals surface area contributed by atoms with E-state index in [1.165, 1.54) is 13.8 Å². The van der Waals surface area contributed by atoms with Gasteiger partial charge in [0.2, 0.25) is 5.82 Å². The molecular formula is C27H39F3N4O5. The number of carboxylic acids is 1. The van der Waals surface area contributed by atoms with E-state index in [0.29, 0.717) is 31.6 Å². The summed E-state index contributed by atoms with van der Waals surface area (Å²) in [5, 5.41) is 16.2. The maximum absolute atomic E-state index is 13.0. The van der Waals surface area contributed by atoms with Crippen LogP contribution in [0.1, 0.15) is 77.7 Å². The third-order valence-corrected chi connectivity index (χ3v) is 6.16. The molecule has 0 aliphatic heterocycles. The standard InChI is InChI=1S/C27H39F3N4O5/c1-4-5-6-7-8-17-33-23(35)22(32-34(25(33)38)18-11-15-27(28,29)30)31-16-10-13-20-12-9-14-21(19-20)39-26(2,3)24(36)37/h9,12,14,19H,4-8,10-11,13,15-18H2,1-3H3,(H,31,32)(H,36,37). The number of alkyl halides is 3. The number of rotatable bonds is 17. The lowest BCUT2D eigenvalue weighted by Gasteiger charge is -2.21. The van der Waals surface area contributed by atoms with Crippen molar-refractivity contribution in [3.8, 4) is 5.75 Å². The van der Waals surface area contributed by atoms with Crippen molar-refractivity contribution in [2.45, 2.75) is 103 Å². The van der Waals surface area contributed by atoms with Crippen molar-refractivity contribution in [3.63, 3.8) is 0 Å². The Morgan fingerprint density at radius 2 is 1.77 bits per heavy atom. The largest absolute Gasteiger partial charge is 0.478 e. The molecule has 0 bridgehead atoms. The van der Waals surface area contributed by atoms with E-state index in [1.807, 2.05) is 6.07 Å². The maximum Gasteiger partial charge on any atom is 0.389 e. The van der Waals surface area contributed by atoms with Crippen LogP contribution in [-0.2, 0) is 24.3 Å². The summed E-state index contributed by atoms with van der Waals surface area (Å²) in [4.78, 5) is 37.1. The van der Waals surface area contributed by atoms with Crippen LogP contribution < -0.4 is 21.3 Å². The summed E-state index contributed by atoms with van der Waals surface area (Å²) in [6, 6.07) is 7.04. The summed E-state index contributed by atoms with van der Waals surface area (Å²) >= 11 is 0. The number of aryl methyl sites for hydroxylation is 2. The summed E-state index contributed by atoms with van der Waals surface area (Å²) in [5.74, 6) is -0.742. The second kappa shape index (κ2) is 14.7. The lowest BCUT2D eigenvalue weighted by Crippen LogP contribution is -2.43. The Kier molecular flexibility index (Phi) is 12.1. The van der Waals surface area contributed by atoms with Gasteiger partial charge in [-0.2, -0.15) is 13.2 Å². The van der Waals surface area contributed by atoms with Crippen molar-refractivity contribution in [2.75, 3.05) is 11.9 Å². The number of carboxylic acid groups (broad SMARTS) is 1. The van der Waals surface area contributed by atoms with E-state index in [9.17, 15) is 32.7 Å². The van der Waals surface area contributed by atoms with E-state index in [2.05, 4.69) is 17.3 Å². The number of hydrogen-bond donors (Lipinski definition) is 2. The highest BCUT2D eigenvalue weighted by Gasteiger charge is 2.29. The molecule has 0 atom stereocenters. The van der Waals surface area contributed by atoms with Crippen LogP contribution in [-0.4, -0.2) is 43.7 Å². The summed E-state index contributed by atoms with van der Waals surface area (Å²) in [5.41, 5.74) is -1.78. The van der Waals surface area contributed by atoms with Gasteiger partial charge in [-0.05, 0) is 57.2 Å². The number of nitrogens with one attached hydrogen (secondary N) is 1. The predicted molar refractivity (Wildman–Crippen MR) is 142 cm³/mol. The lowest BCUT2D eigenvalue weighted by atomic mass is 10.1. The van der Waals surface area contributed by atoms with Crippen LogP contribution in [0.4, 0.5) is 19.0 Å². The Balaban J connectivity index is 2.08. The zero-order valence-corrected chi connectivity index (χ0v) is 22.9. The van der Waals surface area contributed by atoms with Crippen LogP contribution in [0.5, 0.6) is 5.75 Å². The fraction of sp³-hybridized carbons (Fsp3) is 0.630. The van der Waals surface area contributed by atoms with Gasteiger partial charge in [0.05, 0.1) is 0 Å². The highest BCUT2D eigenvalue weighted by Crippen LogP contribution is 2.22. The summed E-state index contributed by atoms with van der Waals surface area (Å²) in [6.07, 6.45) is -0.0479. The van der Waals surface area contributed by atoms with Crippen LogP contribution >= 0.6 is 0 Å². The normalized spacial score (nSPS) is 11.9. The number of aliphatic carboxylic acids is 1. The van der Waals surface area contributed by atoms with Gasteiger partial charge in [0.15, 0.2) is 5.60 Å². The third kappa shape index (κ3) is 10.8. The van der Waals surface area contributed by atoms with E-state index in [-0.39, 0.29) is 25.3 Å². The maximum atomic E-state index is 13.0. The Morgan fingerprint density at radius 3 is 2.44 bits per heavy atom. The van der Waals surface area contributed by atoms with Crippen LogP contribution in [0.2, 0.25) is 0 Å². The molecule has 0 saturated carbocycles. The minimum Gasteiger partial charge on any atom is -0.478 e. The molecule has 0 spiro atoms. The molecule has 0 unspecified atom stereocenters. The topological polar surface area (TPSA) is 115 Å². The molecule has 2 N–H and O–H groups in total. The molecule has 218 valence electrons. The van der Waals surface area contributed by atoms with Gasteiger partial charge >= 0.3 is 17.8 Å². The third-order valence-electron chi connectivity index (χ3n) is 6.16. The Hall–Kier alpha value is -3.31. The molecule has 2 aromatic rings. The molecular weight excluding hydrogens is 517 g/mol. The predicted octanol–water partition coefficient (Wildman–Crippen LogP) is 5.00. The number of halogens is 3. The molecule has 9 nitrogen and oxygen atoms in total. The fourth-order valence-corrected chi connectivity index (χ4v) is 3.92. The molecule has 1 aromatic carbocycles. The molecule has 0 saturated heterocycles. The number of nitrogens with zero attached hydrogens (tertiary/aromatic N) is 3. The van der Waals surface area contributed by atoms with Gasteiger partial charge in [-0.25, -0.2) is 14.3 Å². The monoisotopic (exact) mass is 556 g/mol. The second-order valence-corrected chi connectivity index (χ2v) is 10.0. The van der Waals surface area contributed by atoms with E-state index < -0.39 is 35.4 Å². The molecule has 12 heteroatoms. The van der Waals surface area contributed by atoms with Gasteiger partial charge in [0, 0.05) is 26.1 Å². The van der Waals surface area contributed by atoms with Crippen molar-refractivity contribution >= 4 is 11.8 Å². The molecule has 1 aromatic heterocycles. The molecule has 0 fully saturated rings. The molecule has 0 amide bonds. The van der Waals surface area contributed by atoms with Crippen molar-refractivity contribution in [3.05, 3.63) is 50.7 Å². The number of hydrogen-bond acceptors (Lipinski definition) is 6. The molecule has 2 rings (SSSR count). The Morgan fingerprint density at radius 1 is 1.05 bits per heavy atom. The van der Waals surface area contributed by atoms with Crippen molar-refractivity contribution in [1.29, 1.82) is 0 Å². The van der Waals surface area contributed by atoms with Crippen LogP contribution in [0, 0.1) is 0 Å². The van der Waals surface area contributed by atoms with Gasteiger partial charge in [-0.1, -0.05) is 44.7 Å². The van der Waals surface area contributed by atoms with Gasteiger partial charge in [-0.3, -0.25) is 9.36 Å². The molecule has 0 aliphatic rings. The Bertz CT molecular complexity index is 1190. The second-order valence-electron chi connectivity index (χ2n) is 10.0. The van der Waals surface area contributed by atoms with Crippen molar-refractivity contribution < 1.29 is 27.8 Å². The minimum absolute atomic E-state index is 0.0736. The Labute approximate surface area is 226 Å². The number of aromatic nitrogens is 3. The van der Waals surface area contributed by atoms with Gasteiger partial charge in [0.1, 0.15) is 5.75 Å². The van der Waals surface area contributed by atoms with Gasteiger partial charge in [0.25, 0.3) is 5.56 Å². The number of ether oxygens (including phenoxy) is 1. The fourth-order valence-electron chi connectivity index (χ4n) is 3.92. The van der Waals surface area contributed by atoms with Crippen LogP contribution in [0.3, 0.4) is 0 Å². The van der Waals surface area contributed by atoms with Gasteiger partial charge in [-0.15, -0.1) is 5.10 Å². The number of benzene rings is 1. The van der Waals surface area contributed by atoms with E-state index >= 15 is 0 Å².